The first-order valence-corrected chi connectivity index (χ1v) is 11.0. The summed E-state index contributed by atoms with van der Waals surface area (Å²) in [6, 6.07) is 4.02. The van der Waals surface area contributed by atoms with Crippen LogP contribution in [0.5, 0.6) is 0 Å². The molecule has 2 N–H and O–H groups in total. The number of rotatable bonds is 4. The maximum absolute atomic E-state index is 14.6. The molecule has 0 bridgehead atoms. The number of alkyl halides is 2. The van der Waals surface area contributed by atoms with Crippen molar-refractivity contribution in [1.29, 1.82) is 0 Å². The second kappa shape index (κ2) is 6.34. The molecule has 154 valence electrons. The fourth-order valence-electron chi connectivity index (χ4n) is 3.72. The molecule has 0 amide bonds. The summed E-state index contributed by atoms with van der Waals surface area (Å²) in [7, 11) is -2.73. The third-order valence-corrected chi connectivity index (χ3v) is 9.18. The molecule has 0 saturated heterocycles. The summed E-state index contributed by atoms with van der Waals surface area (Å²) in [6.07, 6.45) is -0.330. The van der Waals surface area contributed by atoms with Gasteiger partial charge in [0.15, 0.2) is 0 Å². The molecular weight excluding hydrogens is 389 g/mol. The van der Waals surface area contributed by atoms with Crippen molar-refractivity contribution in [3.63, 3.8) is 0 Å². The summed E-state index contributed by atoms with van der Waals surface area (Å²) >= 11 is 0. The zero-order valence-electron chi connectivity index (χ0n) is 16.2. The molecule has 4 nitrogen and oxygen atoms in total. The van der Waals surface area contributed by atoms with Crippen molar-refractivity contribution in [3.05, 3.63) is 35.1 Å². The van der Waals surface area contributed by atoms with Gasteiger partial charge in [0.25, 0.3) is 5.92 Å². The molecule has 2 unspecified atom stereocenters. The van der Waals surface area contributed by atoms with E-state index in [-0.39, 0.29) is 36.4 Å². The molecule has 1 aliphatic heterocycles. The van der Waals surface area contributed by atoms with Crippen molar-refractivity contribution in [2.24, 2.45) is 16.6 Å². The Balaban J connectivity index is 1.96. The van der Waals surface area contributed by atoms with E-state index in [9.17, 15) is 22.2 Å². The van der Waals surface area contributed by atoms with Gasteiger partial charge in [0.1, 0.15) is 17.4 Å². The molecule has 2 aliphatic rings. The number of Topliss-reactive ketones (excluding diaryl/α,β-unsaturated/α-hetero) is 1. The van der Waals surface area contributed by atoms with Crippen molar-refractivity contribution < 1.29 is 22.2 Å². The van der Waals surface area contributed by atoms with Crippen molar-refractivity contribution in [3.8, 4) is 0 Å². The van der Waals surface area contributed by atoms with Crippen LogP contribution in [0.25, 0.3) is 0 Å². The second-order valence-corrected chi connectivity index (χ2v) is 11.5. The first kappa shape index (κ1) is 20.9. The van der Waals surface area contributed by atoms with Crippen molar-refractivity contribution in [2.45, 2.75) is 56.2 Å². The van der Waals surface area contributed by atoms with E-state index in [2.05, 4.69) is 10.9 Å². The molecule has 1 aromatic carbocycles. The Morgan fingerprint density at radius 2 is 2.00 bits per heavy atom. The van der Waals surface area contributed by atoms with Crippen LogP contribution in [-0.2, 0) is 26.3 Å². The average Bonchev–Trinajstić information content (AvgIpc) is 2.53. The van der Waals surface area contributed by atoms with Crippen molar-refractivity contribution >= 4 is 27.0 Å². The number of ketones is 1. The van der Waals surface area contributed by atoms with E-state index in [1.165, 1.54) is 18.2 Å². The molecular formula is C20H25F3N2O2S. The summed E-state index contributed by atoms with van der Waals surface area (Å²) in [5, 5.41) is 0. The van der Waals surface area contributed by atoms with Crippen molar-refractivity contribution in [2.75, 3.05) is 5.75 Å². The number of nitrogens with zero attached hydrogens (tertiary/aromatic N) is 1. The highest BCUT2D eigenvalue weighted by Crippen LogP contribution is 2.44. The Morgan fingerprint density at radius 1 is 1.36 bits per heavy atom. The minimum atomic E-state index is -2.96. The van der Waals surface area contributed by atoms with Gasteiger partial charge in [0.05, 0.1) is 16.2 Å². The lowest BCUT2D eigenvalue weighted by Crippen LogP contribution is -2.54. The number of nitrogens with two attached hydrogens (primary N) is 1. The Bertz CT molecular complexity index is 970. The summed E-state index contributed by atoms with van der Waals surface area (Å²) < 4.78 is 53.8. The lowest BCUT2D eigenvalue weighted by molar-refractivity contribution is -0.159. The number of benzene rings is 1. The summed E-state index contributed by atoms with van der Waals surface area (Å²) in [6.45, 7) is 4.99. The van der Waals surface area contributed by atoms with Crippen LogP contribution in [0.3, 0.4) is 0 Å². The third-order valence-electron chi connectivity index (χ3n) is 6.08. The predicted molar refractivity (Wildman–Crippen MR) is 106 cm³/mol. The monoisotopic (exact) mass is 414 g/mol. The Morgan fingerprint density at radius 3 is 2.50 bits per heavy atom. The van der Waals surface area contributed by atoms with E-state index in [4.69, 9.17) is 5.73 Å². The molecule has 1 fully saturated rings. The highest BCUT2D eigenvalue weighted by Gasteiger charge is 2.52. The quantitative estimate of drug-likeness (QED) is 0.770. The van der Waals surface area contributed by atoms with Gasteiger partial charge < -0.3 is 5.73 Å². The normalized spacial score (nSPS) is 33.6. The molecule has 3 atom stereocenters. The van der Waals surface area contributed by atoms with Gasteiger partial charge in [-0.3, -0.25) is 14.0 Å². The van der Waals surface area contributed by atoms with Crippen molar-refractivity contribution in [1.82, 2.24) is 0 Å². The van der Waals surface area contributed by atoms with Crippen LogP contribution in [0, 0.1) is 11.7 Å². The maximum atomic E-state index is 14.6. The smallest absolute Gasteiger partial charge is 0.257 e. The van der Waals surface area contributed by atoms with Gasteiger partial charge in [-0.15, -0.1) is 0 Å². The van der Waals surface area contributed by atoms with Crippen LogP contribution >= 0.6 is 0 Å². The average molecular weight is 414 g/mol. The van der Waals surface area contributed by atoms with E-state index in [1.807, 2.05) is 0 Å². The number of halogens is 3. The zero-order chi connectivity index (χ0) is 21.1. The minimum Gasteiger partial charge on any atom is -0.386 e. The number of hydrogen-bond acceptors (Lipinski definition) is 4. The predicted octanol–water partition coefficient (Wildman–Crippen LogP) is 3.06. The highest BCUT2D eigenvalue weighted by atomic mass is 32.2. The third kappa shape index (κ3) is 3.25. The van der Waals surface area contributed by atoms with Gasteiger partial charge in [-0.1, -0.05) is 6.07 Å². The number of amidine groups is 1. The molecule has 1 saturated carbocycles. The molecule has 8 heteroatoms. The number of carbonyl (C=O) groups is 1. The highest BCUT2D eigenvalue weighted by molar-refractivity contribution is 8.02. The molecule has 1 aromatic rings. The van der Waals surface area contributed by atoms with Gasteiger partial charge in [-0.05, 0) is 60.3 Å². The van der Waals surface area contributed by atoms with E-state index >= 15 is 0 Å². The molecule has 1 heterocycles. The summed E-state index contributed by atoms with van der Waals surface area (Å²) in [4.78, 5) is 16.7. The van der Waals surface area contributed by atoms with Crippen LogP contribution in [-0.4, -0.2) is 38.1 Å². The van der Waals surface area contributed by atoms with E-state index in [0.717, 1.165) is 0 Å². The van der Waals surface area contributed by atoms with Crippen LogP contribution in [0.4, 0.5) is 13.2 Å². The fourth-order valence-corrected chi connectivity index (χ4v) is 5.63. The number of hydrogen-bond donors (Lipinski definition) is 1. The molecule has 0 aromatic heterocycles. The first-order valence-electron chi connectivity index (χ1n) is 9.09. The summed E-state index contributed by atoms with van der Waals surface area (Å²) in [5.41, 5.74) is 5.36. The topological polar surface area (TPSA) is 72.5 Å². The molecule has 28 heavy (non-hydrogen) atoms. The van der Waals surface area contributed by atoms with E-state index < -0.39 is 43.2 Å². The fraction of sp³-hybridized carbons (Fsp3) is 0.550. The standard InChI is InChI=1S/C20H25F3N2O2S/c1-18(2)17(24)25-19(3,11-28(18,4)27)14-9-12(5-6-15(14)21)10-16(26)13-7-8-20(13,22)23/h5-6,9,13H,4,7-8,10-11H2,1-3H3,(H2,24,25)/t13?,19-,28?/m0/s1. The largest absolute Gasteiger partial charge is 0.386 e. The second-order valence-electron chi connectivity index (χ2n) is 8.55. The van der Waals surface area contributed by atoms with Gasteiger partial charge in [-0.25, -0.2) is 13.2 Å². The van der Waals surface area contributed by atoms with Gasteiger partial charge in [-0.2, -0.15) is 0 Å². The van der Waals surface area contributed by atoms with Crippen LogP contribution < -0.4 is 5.73 Å². The Labute approximate surface area is 163 Å². The SMILES string of the molecule is C=S1(=O)C[C@@](C)(c2cc(CC(=O)C3CCC3(F)F)ccc2F)N=C(N)C1(C)C. The summed E-state index contributed by atoms with van der Waals surface area (Å²) in [5.74, 6) is -1.45. The Hall–Kier alpha value is -1.83. The lowest BCUT2D eigenvalue weighted by Gasteiger charge is -2.41. The molecule has 0 spiro atoms. The minimum absolute atomic E-state index is 0.0112. The van der Waals surface area contributed by atoms with E-state index in [0.29, 0.717) is 5.56 Å². The molecule has 3 rings (SSSR count). The van der Waals surface area contributed by atoms with E-state index in [1.54, 1.807) is 20.8 Å². The molecule has 0 radical (unpaired) electrons. The Kier molecular flexibility index (Phi) is 4.73. The van der Waals surface area contributed by atoms with Crippen LogP contribution in [0.2, 0.25) is 0 Å². The first-order chi connectivity index (χ1) is 12.7. The van der Waals surface area contributed by atoms with Gasteiger partial charge >= 0.3 is 0 Å². The molecule has 1 aliphatic carbocycles. The van der Waals surface area contributed by atoms with Gasteiger partial charge in [0.2, 0.25) is 0 Å². The zero-order valence-corrected chi connectivity index (χ0v) is 17.0. The van der Waals surface area contributed by atoms with Crippen LogP contribution in [0.15, 0.2) is 23.2 Å². The number of aliphatic imine (C=N–C) groups is 1. The maximum Gasteiger partial charge on any atom is 0.257 e. The van der Waals surface area contributed by atoms with Crippen LogP contribution in [0.1, 0.15) is 44.7 Å². The lowest BCUT2D eigenvalue weighted by atomic mass is 9.76. The van der Waals surface area contributed by atoms with Gasteiger partial charge in [0, 0.05) is 24.2 Å². The number of carbonyl (C=O) groups excluding carboxylic acids is 1.